The van der Waals surface area contributed by atoms with Crippen molar-refractivity contribution in [1.29, 1.82) is 0 Å². The van der Waals surface area contributed by atoms with E-state index in [-0.39, 0.29) is 0 Å². The Kier molecular flexibility index (Phi) is 4.02. The van der Waals surface area contributed by atoms with Crippen LogP contribution in [0, 0.1) is 0 Å². The van der Waals surface area contributed by atoms with E-state index in [2.05, 4.69) is 48.4 Å². The minimum Gasteiger partial charge on any atom is -0.295 e. The van der Waals surface area contributed by atoms with Crippen molar-refractivity contribution in [3.63, 3.8) is 0 Å². The molecule has 1 atom stereocenters. The van der Waals surface area contributed by atoms with Crippen molar-refractivity contribution >= 4 is 22.6 Å². The number of hydrogen-bond donors (Lipinski definition) is 0. The first-order chi connectivity index (χ1) is 3.18. The Morgan fingerprint density at radius 3 is 2.14 bits per heavy atom. The van der Waals surface area contributed by atoms with Crippen LogP contribution in [0.1, 0.15) is 13.8 Å². The summed E-state index contributed by atoms with van der Waals surface area (Å²) in [6.45, 7) is 5.49. The summed E-state index contributed by atoms with van der Waals surface area (Å²) in [5.41, 5.74) is 0. The summed E-state index contributed by atoms with van der Waals surface area (Å²) >= 11 is 2.39. The van der Waals surface area contributed by atoms with Crippen LogP contribution in [0.25, 0.3) is 0 Å². The van der Waals surface area contributed by atoms with Gasteiger partial charge in [-0.15, -0.1) is 0 Å². The second-order valence-electron chi connectivity index (χ2n) is 1.65. The average molecular weight is 213 g/mol. The average Bonchev–Trinajstić information content (AvgIpc) is 1.65. The van der Waals surface area contributed by atoms with Crippen molar-refractivity contribution in [3.05, 3.63) is 0 Å². The van der Waals surface area contributed by atoms with E-state index in [1.165, 1.54) is 0 Å². The van der Waals surface area contributed by atoms with E-state index >= 15 is 0 Å². The lowest BCUT2D eigenvalue weighted by atomic mass is 10.6. The van der Waals surface area contributed by atoms with Crippen LogP contribution in [0.2, 0.25) is 0 Å². The molecule has 1 nitrogen and oxygen atoms in total. The molecule has 0 amide bonds. The zero-order valence-corrected chi connectivity index (χ0v) is 7.27. The second-order valence-corrected chi connectivity index (χ2v) is 3.45. The SMILES string of the molecule is CCN(C)C(C)I. The Morgan fingerprint density at radius 1 is 1.71 bits per heavy atom. The van der Waals surface area contributed by atoms with Crippen molar-refractivity contribution in [2.24, 2.45) is 0 Å². The maximum Gasteiger partial charge on any atom is 0.0587 e. The van der Waals surface area contributed by atoms with Gasteiger partial charge in [0.05, 0.1) is 4.05 Å². The van der Waals surface area contributed by atoms with Gasteiger partial charge in [0.25, 0.3) is 0 Å². The van der Waals surface area contributed by atoms with Crippen LogP contribution in [0.4, 0.5) is 0 Å². The summed E-state index contributed by atoms with van der Waals surface area (Å²) < 4.78 is 0.669. The smallest absolute Gasteiger partial charge is 0.0587 e. The van der Waals surface area contributed by atoms with Gasteiger partial charge in [0.2, 0.25) is 0 Å². The second kappa shape index (κ2) is 3.66. The van der Waals surface area contributed by atoms with Crippen LogP contribution >= 0.6 is 22.6 Å². The summed E-state index contributed by atoms with van der Waals surface area (Å²) in [6.07, 6.45) is 0. The molecular formula is C5H12IN. The summed E-state index contributed by atoms with van der Waals surface area (Å²) in [4.78, 5) is 2.28. The zero-order valence-electron chi connectivity index (χ0n) is 5.11. The van der Waals surface area contributed by atoms with Gasteiger partial charge in [-0.25, -0.2) is 0 Å². The van der Waals surface area contributed by atoms with Gasteiger partial charge in [0, 0.05) is 0 Å². The summed E-state index contributed by atoms with van der Waals surface area (Å²) in [5.74, 6) is 0. The molecule has 7 heavy (non-hydrogen) atoms. The molecular weight excluding hydrogens is 201 g/mol. The fraction of sp³-hybridized carbons (Fsp3) is 1.00. The number of hydrogen-bond acceptors (Lipinski definition) is 1. The van der Waals surface area contributed by atoms with E-state index in [9.17, 15) is 0 Å². The van der Waals surface area contributed by atoms with E-state index in [1.54, 1.807) is 0 Å². The highest BCUT2D eigenvalue weighted by molar-refractivity contribution is 14.1. The van der Waals surface area contributed by atoms with E-state index in [1.807, 2.05) is 0 Å². The van der Waals surface area contributed by atoms with Crippen LogP contribution in [0.5, 0.6) is 0 Å². The standard InChI is InChI=1S/C5H12IN/c1-4-7(3)5(2)6/h5H,4H2,1-3H3. The number of nitrogens with zero attached hydrogens (tertiary/aromatic N) is 1. The highest BCUT2D eigenvalue weighted by Gasteiger charge is 1.97. The van der Waals surface area contributed by atoms with Crippen LogP contribution in [-0.4, -0.2) is 22.5 Å². The molecule has 0 spiro atoms. The van der Waals surface area contributed by atoms with Crippen LogP contribution < -0.4 is 0 Å². The summed E-state index contributed by atoms with van der Waals surface area (Å²) in [6, 6.07) is 0. The maximum absolute atomic E-state index is 2.39. The van der Waals surface area contributed by atoms with Crippen LogP contribution in [0.3, 0.4) is 0 Å². The third-order valence-electron chi connectivity index (χ3n) is 1.11. The lowest BCUT2D eigenvalue weighted by molar-refractivity contribution is 0.359. The highest BCUT2D eigenvalue weighted by Crippen LogP contribution is 2.01. The predicted octanol–water partition coefficient (Wildman–Crippen LogP) is 1.72. The molecule has 0 heterocycles. The molecule has 0 aliphatic rings. The molecule has 0 aromatic rings. The first kappa shape index (κ1) is 7.69. The van der Waals surface area contributed by atoms with Crippen LogP contribution in [-0.2, 0) is 0 Å². The monoisotopic (exact) mass is 213 g/mol. The molecule has 0 saturated heterocycles. The van der Waals surface area contributed by atoms with Crippen molar-refractivity contribution in [2.75, 3.05) is 13.6 Å². The molecule has 44 valence electrons. The van der Waals surface area contributed by atoms with Crippen molar-refractivity contribution < 1.29 is 0 Å². The fourth-order valence-corrected chi connectivity index (χ4v) is 0.645. The molecule has 0 rings (SSSR count). The van der Waals surface area contributed by atoms with Gasteiger partial charge in [-0.2, -0.15) is 0 Å². The van der Waals surface area contributed by atoms with Gasteiger partial charge in [-0.1, -0.05) is 29.5 Å². The number of alkyl halides is 1. The van der Waals surface area contributed by atoms with E-state index < -0.39 is 0 Å². The lowest BCUT2D eigenvalue weighted by Crippen LogP contribution is -2.22. The summed E-state index contributed by atoms with van der Waals surface area (Å²) in [7, 11) is 2.12. The zero-order chi connectivity index (χ0) is 5.86. The third kappa shape index (κ3) is 3.29. The van der Waals surface area contributed by atoms with Gasteiger partial charge in [0.1, 0.15) is 0 Å². The van der Waals surface area contributed by atoms with E-state index in [0.29, 0.717) is 4.05 Å². The van der Waals surface area contributed by atoms with Crippen LogP contribution in [0.15, 0.2) is 0 Å². The van der Waals surface area contributed by atoms with Crippen molar-refractivity contribution in [2.45, 2.75) is 17.9 Å². The quantitative estimate of drug-likeness (QED) is 0.383. The topological polar surface area (TPSA) is 3.24 Å². The van der Waals surface area contributed by atoms with Gasteiger partial charge in [-0.05, 0) is 20.5 Å². The Morgan fingerprint density at radius 2 is 2.14 bits per heavy atom. The molecule has 0 N–H and O–H groups in total. The fourth-order valence-electron chi connectivity index (χ4n) is 0.252. The number of halogens is 1. The molecule has 0 bridgehead atoms. The van der Waals surface area contributed by atoms with E-state index in [4.69, 9.17) is 0 Å². The largest absolute Gasteiger partial charge is 0.295 e. The highest BCUT2D eigenvalue weighted by atomic mass is 127. The predicted molar refractivity (Wildman–Crippen MR) is 41.8 cm³/mol. The lowest BCUT2D eigenvalue weighted by Gasteiger charge is -2.15. The molecule has 0 aromatic carbocycles. The molecule has 0 radical (unpaired) electrons. The maximum atomic E-state index is 2.39. The molecule has 0 aliphatic heterocycles. The number of rotatable bonds is 2. The van der Waals surface area contributed by atoms with Gasteiger partial charge in [-0.3, -0.25) is 4.90 Å². The first-order valence-electron chi connectivity index (χ1n) is 2.52. The first-order valence-corrected chi connectivity index (χ1v) is 3.77. The molecule has 0 aliphatic carbocycles. The molecule has 2 heteroatoms. The van der Waals surface area contributed by atoms with Gasteiger partial charge >= 0.3 is 0 Å². The molecule has 0 aromatic heterocycles. The summed E-state index contributed by atoms with van der Waals surface area (Å²) in [5, 5.41) is 0. The van der Waals surface area contributed by atoms with E-state index in [0.717, 1.165) is 6.54 Å². The van der Waals surface area contributed by atoms with Gasteiger partial charge < -0.3 is 0 Å². The molecule has 0 saturated carbocycles. The van der Waals surface area contributed by atoms with Crippen molar-refractivity contribution in [3.8, 4) is 0 Å². The Bertz CT molecular complexity index is 45.3. The Balaban J connectivity index is 3.14. The van der Waals surface area contributed by atoms with Gasteiger partial charge in [0.15, 0.2) is 0 Å². The molecule has 0 fully saturated rings. The minimum absolute atomic E-state index is 0.669. The Hall–Kier alpha value is 0.690. The minimum atomic E-state index is 0.669. The molecule has 1 unspecified atom stereocenters. The third-order valence-corrected chi connectivity index (χ3v) is 2.06. The van der Waals surface area contributed by atoms with Crippen molar-refractivity contribution in [1.82, 2.24) is 4.90 Å². The normalized spacial score (nSPS) is 15.0. The Labute approximate surface area is 59.2 Å².